The summed E-state index contributed by atoms with van der Waals surface area (Å²) in [4.78, 5) is 0. The van der Waals surface area contributed by atoms with Crippen LogP contribution in [-0.2, 0) is 6.18 Å². The molecule has 0 aromatic heterocycles. The lowest BCUT2D eigenvalue weighted by Gasteiger charge is -2.07. The number of nitrogens with one attached hydrogen (secondary N) is 1. The van der Waals surface area contributed by atoms with E-state index in [-0.39, 0.29) is 0 Å². The van der Waals surface area contributed by atoms with Crippen molar-refractivity contribution in [2.75, 3.05) is 5.32 Å². The fourth-order valence-electron chi connectivity index (χ4n) is 0.935. The molecule has 1 rings (SSSR count). The minimum absolute atomic E-state index is 0.635. The molecule has 0 saturated heterocycles. The summed E-state index contributed by atoms with van der Waals surface area (Å²) in [5, 5.41) is 2.83. The molecule has 0 atom stereocenters. The number of allylic oxidation sites excluding steroid dienone is 1. The van der Waals surface area contributed by atoms with Gasteiger partial charge in [-0.25, -0.2) is 0 Å². The van der Waals surface area contributed by atoms with Gasteiger partial charge in [-0.3, -0.25) is 0 Å². The van der Waals surface area contributed by atoms with E-state index in [2.05, 4.69) is 5.32 Å². The molecule has 0 bridgehead atoms. The van der Waals surface area contributed by atoms with Crippen LogP contribution < -0.4 is 5.32 Å². The molecule has 76 valence electrons. The summed E-state index contributed by atoms with van der Waals surface area (Å²) >= 11 is 0. The number of anilines is 1. The highest BCUT2D eigenvalue weighted by molar-refractivity contribution is 5.47. The first-order chi connectivity index (χ1) is 6.54. The summed E-state index contributed by atoms with van der Waals surface area (Å²) in [5.74, 6) is 0. The lowest BCUT2D eigenvalue weighted by Crippen LogP contribution is -2.04. The Morgan fingerprint density at radius 3 is 2.14 bits per heavy atom. The first-order valence-corrected chi connectivity index (χ1v) is 4.09. The maximum Gasteiger partial charge on any atom is 0.416 e. The molecule has 0 unspecified atom stereocenters. The highest BCUT2D eigenvalue weighted by atomic mass is 19.4. The van der Waals surface area contributed by atoms with E-state index < -0.39 is 11.7 Å². The van der Waals surface area contributed by atoms with Crippen LogP contribution in [-0.4, -0.2) is 0 Å². The molecule has 4 heteroatoms. The van der Waals surface area contributed by atoms with Crippen molar-refractivity contribution in [3.63, 3.8) is 0 Å². The van der Waals surface area contributed by atoms with Crippen molar-refractivity contribution in [1.29, 1.82) is 0 Å². The Labute approximate surface area is 80.2 Å². The zero-order valence-corrected chi connectivity index (χ0v) is 7.60. The minimum Gasteiger partial charge on any atom is -0.362 e. The van der Waals surface area contributed by atoms with Crippen molar-refractivity contribution in [1.82, 2.24) is 0 Å². The summed E-state index contributed by atoms with van der Waals surface area (Å²) < 4.78 is 36.4. The van der Waals surface area contributed by atoms with Crippen molar-refractivity contribution < 1.29 is 13.2 Å². The molecule has 1 N–H and O–H groups in total. The van der Waals surface area contributed by atoms with Gasteiger partial charge >= 0.3 is 6.18 Å². The van der Waals surface area contributed by atoms with Crippen LogP contribution in [0.4, 0.5) is 18.9 Å². The van der Waals surface area contributed by atoms with Crippen LogP contribution in [0, 0.1) is 0 Å². The lowest BCUT2D eigenvalue weighted by atomic mass is 10.2. The van der Waals surface area contributed by atoms with E-state index in [1.807, 2.05) is 6.92 Å². The fourth-order valence-corrected chi connectivity index (χ4v) is 0.935. The zero-order chi connectivity index (χ0) is 10.6. The summed E-state index contributed by atoms with van der Waals surface area (Å²) in [6, 6.07) is 4.88. The summed E-state index contributed by atoms with van der Waals surface area (Å²) in [5.41, 5.74) is -0.000344. The first-order valence-electron chi connectivity index (χ1n) is 4.09. The molecule has 0 spiro atoms. The Morgan fingerprint density at radius 1 is 1.14 bits per heavy atom. The van der Waals surface area contributed by atoms with Gasteiger partial charge in [-0.1, -0.05) is 6.08 Å². The van der Waals surface area contributed by atoms with Gasteiger partial charge in [0.05, 0.1) is 5.56 Å². The van der Waals surface area contributed by atoms with E-state index in [1.54, 1.807) is 12.3 Å². The SMILES string of the molecule is CC=CNc1ccc(C(F)(F)F)cc1. The van der Waals surface area contributed by atoms with Crippen LogP contribution in [0.1, 0.15) is 12.5 Å². The third-order valence-electron chi connectivity index (χ3n) is 1.63. The van der Waals surface area contributed by atoms with E-state index in [0.717, 1.165) is 12.1 Å². The number of rotatable bonds is 2. The number of hydrogen-bond donors (Lipinski definition) is 1. The number of hydrogen-bond acceptors (Lipinski definition) is 1. The highest BCUT2D eigenvalue weighted by Gasteiger charge is 2.29. The fraction of sp³-hybridized carbons (Fsp3) is 0.200. The van der Waals surface area contributed by atoms with Gasteiger partial charge in [-0.2, -0.15) is 13.2 Å². The second-order valence-corrected chi connectivity index (χ2v) is 2.72. The second kappa shape index (κ2) is 4.17. The molecule has 0 radical (unpaired) electrons. The van der Waals surface area contributed by atoms with Crippen LogP contribution in [0.15, 0.2) is 36.5 Å². The predicted octanol–water partition coefficient (Wildman–Crippen LogP) is 3.65. The first kappa shape index (κ1) is 10.6. The third-order valence-corrected chi connectivity index (χ3v) is 1.63. The molecule has 14 heavy (non-hydrogen) atoms. The molecule has 0 heterocycles. The van der Waals surface area contributed by atoms with E-state index >= 15 is 0 Å². The molecule has 0 saturated carbocycles. The Hall–Kier alpha value is -1.45. The number of benzene rings is 1. The monoisotopic (exact) mass is 201 g/mol. The van der Waals surface area contributed by atoms with Crippen molar-refractivity contribution in [3.05, 3.63) is 42.1 Å². The van der Waals surface area contributed by atoms with Gasteiger partial charge in [0, 0.05) is 5.69 Å². The van der Waals surface area contributed by atoms with E-state index in [9.17, 15) is 13.2 Å². The molecule has 1 nitrogen and oxygen atoms in total. The molecular formula is C10H10F3N. The van der Waals surface area contributed by atoms with Gasteiger partial charge in [-0.05, 0) is 37.4 Å². The van der Waals surface area contributed by atoms with E-state index in [1.165, 1.54) is 12.1 Å². The second-order valence-electron chi connectivity index (χ2n) is 2.72. The van der Waals surface area contributed by atoms with Crippen molar-refractivity contribution >= 4 is 5.69 Å². The zero-order valence-electron chi connectivity index (χ0n) is 7.60. The molecule has 1 aromatic rings. The van der Waals surface area contributed by atoms with Crippen LogP contribution in [0.5, 0.6) is 0 Å². The standard InChI is InChI=1S/C10H10F3N/c1-2-7-14-9-5-3-8(4-6-9)10(11,12)13/h2-7,14H,1H3. The maximum atomic E-state index is 12.1. The Balaban J connectivity index is 2.79. The molecule has 0 fully saturated rings. The van der Waals surface area contributed by atoms with Crippen LogP contribution >= 0.6 is 0 Å². The average Bonchev–Trinajstić information content (AvgIpc) is 2.14. The molecule has 0 amide bonds. The summed E-state index contributed by atoms with van der Waals surface area (Å²) in [7, 11) is 0. The average molecular weight is 201 g/mol. The van der Waals surface area contributed by atoms with Gasteiger partial charge < -0.3 is 5.32 Å². The van der Waals surface area contributed by atoms with Crippen LogP contribution in [0.3, 0.4) is 0 Å². The molecule has 1 aromatic carbocycles. The minimum atomic E-state index is -4.26. The van der Waals surface area contributed by atoms with E-state index in [0.29, 0.717) is 5.69 Å². The van der Waals surface area contributed by atoms with Gasteiger partial charge in [0.1, 0.15) is 0 Å². The van der Waals surface area contributed by atoms with Crippen molar-refractivity contribution in [3.8, 4) is 0 Å². The molecule has 0 aliphatic carbocycles. The van der Waals surface area contributed by atoms with Crippen LogP contribution in [0.2, 0.25) is 0 Å². The summed E-state index contributed by atoms with van der Waals surface area (Å²) in [6.45, 7) is 1.82. The topological polar surface area (TPSA) is 12.0 Å². The quantitative estimate of drug-likeness (QED) is 0.770. The van der Waals surface area contributed by atoms with Crippen LogP contribution in [0.25, 0.3) is 0 Å². The normalized spacial score (nSPS) is 12.0. The van der Waals surface area contributed by atoms with Gasteiger partial charge in [0.2, 0.25) is 0 Å². The predicted molar refractivity (Wildman–Crippen MR) is 49.9 cm³/mol. The lowest BCUT2D eigenvalue weighted by molar-refractivity contribution is -0.137. The Kier molecular flexibility index (Phi) is 3.17. The smallest absolute Gasteiger partial charge is 0.362 e. The Morgan fingerprint density at radius 2 is 1.71 bits per heavy atom. The Bertz CT molecular complexity index is 311. The maximum absolute atomic E-state index is 12.1. The number of alkyl halides is 3. The van der Waals surface area contributed by atoms with Gasteiger partial charge in [-0.15, -0.1) is 0 Å². The van der Waals surface area contributed by atoms with Gasteiger partial charge in [0.25, 0.3) is 0 Å². The van der Waals surface area contributed by atoms with Gasteiger partial charge in [0.15, 0.2) is 0 Å². The molecule has 0 aliphatic rings. The van der Waals surface area contributed by atoms with Crippen molar-refractivity contribution in [2.24, 2.45) is 0 Å². The third kappa shape index (κ3) is 2.80. The highest BCUT2D eigenvalue weighted by Crippen LogP contribution is 2.29. The summed E-state index contributed by atoms with van der Waals surface area (Å²) in [6.07, 6.45) is -0.848. The molecular weight excluding hydrogens is 191 g/mol. The van der Waals surface area contributed by atoms with E-state index in [4.69, 9.17) is 0 Å². The molecule has 0 aliphatic heterocycles. The largest absolute Gasteiger partial charge is 0.416 e. The number of halogens is 3. The van der Waals surface area contributed by atoms with Crippen molar-refractivity contribution in [2.45, 2.75) is 13.1 Å².